The van der Waals surface area contributed by atoms with Crippen molar-refractivity contribution in [2.24, 2.45) is 5.73 Å². The number of benzene rings is 1. The first-order valence-corrected chi connectivity index (χ1v) is 7.80. The Kier molecular flexibility index (Phi) is 3.98. The summed E-state index contributed by atoms with van der Waals surface area (Å²) >= 11 is 1.73. The Labute approximate surface area is 127 Å². The molecule has 0 fully saturated rings. The maximum Gasteiger partial charge on any atom is 0.323 e. The van der Waals surface area contributed by atoms with E-state index < -0.39 is 12.0 Å². The molecule has 1 aliphatic heterocycles. The number of hydrogen-bond acceptors (Lipinski definition) is 5. The van der Waals surface area contributed by atoms with Crippen LogP contribution < -0.4 is 5.73 Å². The van der Waals surface area contributed by atoms with Crippen molar-refractivity contribution in [3.05, 3.63) is 36.0 Å². The molecule has 21 heavy (non-hydrogen) atoms. The lowest BCUT2D eigenvalue weighted by molar-refractivity contribution is -0.142. The zero-order valence-corrected chi connectivity index (χ0v) is 12.6. The number of methoxy groups -OCH3 is 1. The summed E-state index contributed by atoms with van der Waals surface area (Å²) in [6.45, 7) is 0.906. The summed E-state index contributed by atoms with van der Waals surface area (Å²) in [6, 6.07) is 9.32. The normalized spacial score (nSPS) is 14.8. The average molecular weight is 303 g/mol. The molecular formula is C15H17N3O2S. The minimum Gasteiger partial charge on any atom is -0.468 e. The number of nitrogens with two attached hydrogens (primary N) is 1. The van der Waals surface area contributed by atoms with Crippen LogP contribution in [0.15, 0.2) is 35.5 Å². The molecular weight excluding hydrogens is 286 g/mol. The summed E-state index contributed by atoms with van der Waals surface area (Å²) in [4.78, 5) is 16.3. The van der Waals surface area contributed by atoms with Crippen molar-refractivity contribution in [2.75, 3.05) is 12.9 Å². The van der Waals surface area contributed by atoms with E-state index in [2.05, 4.69) is 4.57 Å². The first-order chi connectivity index (χ1) is 10.2. The SMILES string of the molecule is COC(=O)C(N)Cc1c(-c2ccccc2)nc2n1CCS2. The third kappa shape index (κ3) is 2.69. The van der Waals surface area contributed by atoms with Crippen LogP contribution in [0.2, 0.25) is 0 Å². The number of esters is 1. The largest absolute Gasteiger partial charge is 0.468 e. The quantitative estimate of drug-likeness (QED) is 0.871. The molecule has 1 atom stereocenters. The van der Waals surface area contributed by atoms with E-state index in [4.69, 9.17) is 15.5 Å². The average Bonchev–Trinajstić information content (AvgIpc) is 3.10. The van der Waals surface area contributed by atoms with E-state index in [0.29, 0.717) is 6.42 Å². The van der Waals surface area contributed by atoms with Crippen molar-refractivity contribution >= 4 is 17.7 Å². The first kappa shape index (κ1) is 14.2. The van der Waals surface area contributed by atoms with Gasteiger partial charge in [0.1, 0.15) is 6.04 Å². The molecule has 0 saturated carbocycles. The molecule has 0 aliphatic carbocycles. The number of thioether (sulfide) groups is 1. The van der Waals surface area contributed by atoms with Gasteiger partial charge >= 0.3 is 5.97 Å². The molecule has 0 radical (unpaired) electrons. The van der Waals surface area contributed by atoms with Crippen LogP contribution in [0.4, 0.5) is 0 Å². The molecule has 5 nitrogen and oxygen atoms in total. The zero-order chi connectivity index (χ0) is 14.8. The Morgan fingerprint density at radius 3 is 2.95 bits per heavy atom. The van der Waals surface area contributed by atoms with Crippen LogP contribution in [0.1, 0.15) is 5.69 Å². The van der Waals surface area contributed by atoms with E-state index in [1.807, 2.05) is 30.3 Å². The lowest BCUT2D eigenvalue weighted by atomic mass is 10.1. The number of nitrogens with zero attached hydrogens (tertiary/aromatic N) is 2. The predicted molar refractivity (Wildman–Crippen MR) is 82.1 cm³/mol. The lowest BCUT2D eigenvalue weighted by Gasteiger charge is -2.12. The fourth-order valence-corrected chi connectivity index (χ4v) is 3.48. The van der Waals surface area contributed by atoms with E-state index >= 15 is 0 Å². The highest BCUT2D eigenvalue weighted by molar-refractivity contribution is 7.99. The smallest absolute Gasteiger partial charge is 0.323 e. The van der Waals surface area contributed by atoms with Crippen molar-refractivity contribution in [1.82, 2.24) is 9.55 Å². The minimum absolute atomic E-state index is 0.393. The van der Waals surface area contributed by atoms with E-state index in [-0.39, 0.29) is 0 Å². The molecule has 0 amide bonds. The molecule has 2 N–H and O–H groups in total. The van der Waals surface area contributed by atoms with Crippen molar-refractivity contribution in [3.63, 3.8) is 0 Å². The van der Waals surface area contributed by atoms with Crippen LogP contribution in [0.25, 0.3) is 11.3 Å². The summed E-state index contributed by atoms with van der Waals surface area (Å²) in [7, 11) is 1.36. The zero-order valence-electron chi connectivity index (χ0n) is 11.8. The van der Waals surface area contributed by atoms with Crippen molar-refractivity contribution in [1.29, 1.82) is 0 Å². The third-order valence-corrected chi connectivity index (χ3v) is 4.50. The van der Waals surface area contributed by atoms with Gasteiger partial charge in [0, 0.05) is 30.0 Å². The van der Waals surface area contributed by atoms with E-state index in [0.717, 1.165) is 34.4 Å². The topological polar surface area (TPSA) is 70.1 Å². The fraction of sp³-hybridized carbons (Fsp3) is 0.333. The lowest BCUT2D eigenvalue weighted by Crippen LogP contribution is -2.34. The predicted octanol–water partition coefficient (Wildman–Crippen LogP) is 1.70. The van der Waals surface area contributed by atoms with Gasteiger partial charge in [0.15, 0.2) is 5.16 Å². The number of hydrogen-bond donors (Lipinski definition) is 1. The molecule has 2 aromatic rings. The summed E-state index contributed by atoms with van der Waals surface area (Å²) in [5.41, 5.74) is 8.91. The van der Waals surface area contributed by atoms with Gasteiger partial charge in [-0.2, -0.15) is 0 Å². The Morgan fingerprint density at radius 1 is 1.48 bits per heavy atom. The summed E-state index contributed by atoms with van der Waals surface area (Å²) in [6.07, 6.45) is 0.435. The van der Waals surface area contributed by atoms with E-state index in [1.54, 1.807) is 11.8 Å². The van der Waals surface area contributed by atoms with Gasteiger partial charge in [-0.05, 0) is 0 Å². The molecule has 110 valence electrons. The van der Waals surface area contributed by atoms with Gasteiger partial charge in [-0.15, -0.1) is 0 Å². The number of aromatic nitrogens is 2. The van der Waals surface area contributed by atoms with Gasteiger partial charge in [-0.1, -0.05) is 42.1 Å². The number of fused-ring (bicyclic) bond motifs is 1. The van der Waals surface area contributed by atoms with Crippen LogP contribution in [-0.4, -0.2) is 34.4 Å². The van der Waals surface area contributed by atoms with Gasteiger partial charge in [0.2, 0.25) is 0 Å². The van der Waals surface area contributed by atoms with Crippen molar-refractivity contribution < 1.29 is 9.53 Å². The fourth-order valence-electron chi connectivity index (χ4n) is 2.51. The van der Waals surface area contributed by atoms with Crippen LogP contribution in [-0.2, 0) is 22.5 Å². The second kappa shape index (κ2) is 5.91. The van der Waals surface area contributed by atoms with E-state index in [9.17, 15) is 4.79 Å². The Bertz CT molecular complexity index is 654. The highest BCUT2D eigenvalue weighted by Crippen LogP contribution is 2.33. The second-order valence-electron chi connectivity index (χ2n) is 4.89. The highest BCUT2D eigenvalue weighted by Gasteiger charge is 2.26. The molecule has 1 aromatic carbocycles. The summed E-state index contributed by atoms with van der Waals surface area (Å²) in [5.74, 6) is 0.618. The molecule has 1 aliphatic rings. The Hall–Kier alpha value is -1.79. The van der Waals surface area contributed by atoms with Gasteiger partial charge in [0.25, 0.3) is 0 Å². The highest BCUT2D eigenvalue weighted by atomic mass is 32.2. The maximum absolute atomic E-state index is 11.6. The molecule has 2 heterocycles. The standard InChI is InChI=1S/C15H17N3O2S/c1-20-14(19)11(16)9-12-13(10-5-3-2-4-6-10)17-15-18(12)7-8-21-15/h2-6,11H,7-9,16H2,1H3. The summed E-state index contributed by atoms with van der Waals surface area (Å²) in [5, 5.41) is 1.00. The van der Waals surface area contributed by atoms with Crippen molar-refractivity contribution in [3.8, 4) is 11.3 Å². The van der Waals surface area contributed by atoms with Crippen LogP contribution >= 0.6 is 11.8 Å². The van der Waals surface area contributed by atoms with Gasteiger partial charge in [-0.3, -0.25) is 4.79 Å². The van der Waals surface area contributed by atoms with Crippen LogP contribution in [0.5, 0.6) is 0 Å². The molecule has 6 heteroatoms. The number of rotatable bonds is 4. The van der Waals surface area contributed by atoms with Crippen molar-refractivity contribution in [2.45, 2.75) is 24.2 Å². The Balaban J connectivity index is 2.00. The summed E-state index contributed by atoms with van der Waals surface area (Å²) < 4.78 is 6.89. The van der Waals surface area contributed by atoms with Crippen LogP contribution in [0.3, 0.4) is 0 Å². The van der Waals surface area contributed by atoms with Gasteiger partial charge in [0.05, 0.1) is 12.8 Å². The molecule has 0 saturated heterocycles. The Morgan fingerprint density at radius 2 is 2.24 bits per heavy atom. The van der Waals surface area contributed by atoms with Crippen LogP contribution in [0, 0.1) is 0 Å². The first-order valence-electron chi connectivity index (χ1n) is 6.81. The molecule has 0 bridgehead atoms. The molecule has 0 spiro atoms. The monoisotopic (exact) mass is 303 g/mol. The second-order valence-corrected chi connectivity index (χ2v) is 5.95. The van der Waals surface area contributed by atoms with Gasteiger partial charge < -0.3 is 15.0 Å². The number of ether oxygens (including phenoxy) is 1. The number of carbonyl (C=O) groups excluding carboxylic acids is 1. The molecule has 1 aromatic heterocycles. The van der Waals surface area contributed by atoms with Gasteiger partial charge in [-0.25, -0.2) is 4.98 Å². The molecule has 3 rings (SSSR count). The maximum atomic E-state index is 11.6. The number of imidazole rings is 1. The third-order valence-electron chi connectivity index (χ3n) is 3.55. The minimum atomic E-state index is -0.663. The van der Waals surface area contributed by atoms with E-state index in [1.165, 1.54) is 7.11 Å². The molecule has 1 unspecified atom stereocenters. The number of carbonyl (C=O) groups is 1.